The van der Waals surface area contributed by atoms with Crippen LogP contribution in [0, 0.1) is 20.8 Å². The highest BCUT2D eigenvalue weighted by Crippen LogP contribution is 2.12. The molecule has 32 heavy (non-hydrogen) atoms. The standard InChI is InChI=1S/C27H30N4O/c1-20-4-8-23(9-5-20)18-30-19-29-17-26(30)12-13-28-16-24-14-22(3)31(27(32)15-24)25-10-6-21(2)7-11-25/h4-11,14-15,17,19,28H,12-13,16,18H2,1-3H3. The van der Waals surface area contributed by atoms with Crippen LogP contribution in [-0.2, 0) is 19.5 Å². The SMILES string of the molecule is Cc1ccc(Cn2cncc2CCNCc2cc(C)n(-c3ccc(C)cc3)c(=O)c2)cc1. The van der Waals surface area contributed by atoms with Crippen molar-refractivity contribution in [2.24, 2.45) is 0 Å². The molecule has 1 N–H and O–H groups in total. The minimum absolute atomic E-state index is 0.00169. The van der Waals surface area contributed by atoms with Gasteiger partial charge in [-0.1, -0.05) is 47.5 Å². The number of hydrogen-bond donors (Lipinski definition) is 1. The molecule has 0 amide bonds. The lowest BCUT2D eigenvalue weighted by Gasteiger charge is -2.13. The second-order valence-electron chi connectivity index (χ2n) is 8.44. The van der Waals surface area contributed by atoms with Crippen LogP contribution in [0.15, 0.2) is 78.0 Å². The quantitative estimate of drug-likeness (QED) is 0.427. The van der Waals surface area contributed by atoms with Crippen molar-refractivity contribution in [3.8, 4) is 5.69 Å². The van der Waals surface area contributed by atoms with Crippen molar-refractivity contribution >= 4 is 0 Å². The Hall–Kier alpha value is -3.44. The molecular formula is C27H30N4O. The predicted octanol–water partition coefficient (Wildman–Crippen LogP) is 4.34. The van der Waals surface area contributed by atoms with Gasteiger partial charge in [0.25, 0.3) is 5.56 Å². The van der Waals surface area contributed by atoms with Crippen LogP contribution in [0.2, 0.25) is 0 Å². The molecule has 2 aromatic carbocycles. The molecule has 0 atom stereocenters. The van der Waals surface area contributed by atoms with Crippen LogP contribution in [0.25, 0.3) is 5.69 Å². The van der Waals surface area contributed by atoms with Crippen molar-refractivity contribution in [1.82, 2.24) is 19.4 Å². The van der Waals surface area contributed by atoms with Crippen molar-refractivity contribution in [1.29, 1.82) is 0 Å². The van der Waals surface area contributed by atoms with Gasteiger partial charge >= 0.3 is 0 Å². The second-order valence-corrected chi connectivity index (χ2v) is 8.44. The summed E-state index contributed by atoms with van der Waals surface area (Å²) in [4.78, 5) is 17.1. The van der Waals surface area contributed by atoms with Gasteiger partial charge in [0.05, 0.1) is 6.33 Å². The van der Waals surface area contributed by atoms with E-state index in [1.807, 2.05) is 50.6 Å². The third kappa shape index (κ3) is 5.24. The Morgan fingerprint density at radius 1 is 0.875 bits per heavy atom. The molecule has 0 radical (unpaired) electrons. The maximum atomic E-state index is 12.7. The van der Waals surface area contributed by atoms with Crippen LogP contribution in [0.5, 0.6) is 0 Å². The van der Waals surface area contributed by atoms with E-state index in [2.05, 4.69) is 52.1 Å². The van der Waals surface area contributed by atoms with E-state index in [0.29, 0.717) is 6.54 Å². The zero-order chi connectivity index (χ0) is 22.5. The lowest BCUT2D eigenvalue weighted by molar-refractivity contribution is 0.651. The van der Waals surface area contributed by atoms with Crippen molar-refractivity contribution in [2.45, 2.75) is 40.3 Å². The summed E-state index contributed by atoms with van der Waals surface area (Å²) in [5.41, 5.74) is 7.77. The number of pyridine rings is 1. The molecular weight excluding hydrogens is 396 g/mol. The van der Waals surface area contributed by atoms with E-state index in [1.165, 1.54) is 22.4 Å². The van der Waals surface area contributed by atoms with Gasteiger partial charge in [-0.2, -0.15) is 0 Å². The van der Waals surface area contributed by atoms with E-state index >= 15 is 0 Å². The molecule has 0 aliphatic heterocycles. The van der Waals surface area contributed by atoms with Gasteiger partial charge in [0.1, 0.15) is 0 Å². The van der Waals surface area contributed by atoms with Gasteiger partial charge in [-0.3, -0.25) is 9.36 Å². The topological polar surface area (TPSA) is 51.9 Å². The highest BCUT2D eigenvalue weighted by atomic mass is 16.1. The molecule has 164 valence electrons. The van der Waals surface area contributed by atoms with Crippen LogP contribution >= 0.6 is 0 Å². The first-order chi connectivity index (χ1) is 15.5. The summed E-state index contributed by atoms with van der Waals surface area (Å²) in [6, 6.07) is 20.4. The highest BCUT2D eigenvalue weighted by Gasteiger charge is 2.07. The van der Waals surface area contributed by atoms with Gasteiger partial charge in [0.15, 0.2) is 0 Å². The zero-order valence-corrected chi connectivity index (χ0v) is 19.0. The molecule has 0 aliphatic carbocycles. The Balaban J connectivity index is 1.35. The molecule has 4 aromatic rings. The Morgan fingerprint density at radius 3 is 2.25 bits per heavy atom. The van der Waals surface area contributed by atoms with Gasteiger partial charge in [-0.15, -0.1) is 0 Å². The number of aryl methyl sites for hydroxylation is 3. The Morgan fingerprint density at radius 2 is 1.56 bits per heavy atom. The summed E-state index contributed by atoms with van der Waals surface area (Å²) in [5, 5.41) is 3.47. The lowest BCUT2D eigenvalue weighted by atomic mass is 10.1. The van der Waals surface area contributed by atoms with Crippen LogP contribution in [0.3, 0.4) is 0 Å². The third-order valence-electron chi connectivity index (χ3n) is 5.73. The fourth-order valence-electron chi connectivity index (χ4n) is 3.94. The average molecular weight is 427 g/mol. The molecule has 0 unspecified atom stereocenters. The summed E-state index contributed by atoms with van der Waals surface area (Å²) in [6.45, 7) is 8.44. The number of rotatable bonds is 8. The van der Waals surface area contributed by atoms with Crippen LogP contribution in [0.4, 0.5) is 0 Å². The average Bonchev–Trinajstić information content (AvgIpc) is 3.20. The third-order valence-corrected chi connectivity index (χ3v) is 5.73. The van der Waals surface area contributed by atoms with Gasteiger partial charge in [0, 0.05) is 55.4 Å². The number of aromatic nitrogens is 3. The molecule has 0 saturated carbocycles. The normalized spacial score (nSPS) is 11.1. The number of hydrogen-bond acceptors (Lipinski definition) is 3. The Bertz CT molecular complexity index is 1230. The summed E-state index contributed by atoms with van der Waals surface area (Å²) in [7, 11) is 0. The van der Waals surface area contributed by atoms with E-state index in [-0.39, 0.29) is 5.56 Å². The Labute approximate surface area is 189 Å². The van der Waals surface area contributed by atoms with Gasteiger partial charge in [-0.05, 0) is 50.1 Å². The monoisotopic (exact) mass is 426 g/mol. The number of nitrogens with zero attached hydrogens (tertiary/aromatic N) is 3. The molecule has 5 nitrogen and oxygen atoms in total. The molecule has 0 aliphatic rings. The van der Waals surface area contributed by atoms with Gasteiger partial charge < -0.3 is 9.88 Å². The minimum atomic E-state index is 0.00169. The first-order valence-electron chi connectivity index (χ1n) is 11.0. The van der Waals surface area contributed by atoms with Crippen molar-refractivity contribution < 1.29 is 0 Å². The number of benzene rings is 2. The molecule has 0 spiro atoms. The summed E-state index contributed by atoms with van der Waals surface area (Å²) < 4.78 is 3.95. The fraction of sp³-hybridized carbons (Fsp3) is 0.259. The molecule has 0 saturated heterocycles. The summed E-state index contributed by atoms with van der Waals surface area (Å²) in [5.74, 6) is 0. The van der Waals surface area contributed by atoms with E-state index in [4.69, 9.17) is 0 Å². The molecule has 5 heteroatoms. The minimum Gasteiger partial charge on any atom is -0.330 e. The highest BCUT2D eigenvalue weighted by molar-refractivity contribution is 5.37. The number of imidazole rings is 1. The van der Waals surface area contributed by atoms with Gasteiger partial charge in [-0.25, -0.2) is 4.98 Å². The molecule has 2 heterocycles. The van der Waals surface area contributed by atoms with Crippen molar-refractivity contribution in [2.75, 3.05) is 6.54 Å². The van der Waals surface area contributed by atoms with Crippen LogP contribution < -0.4 is 10.9 Å². The number of nitrogens with one attached hydrogen (secondary N) is 1. The molecule has 4 rings (SSSR count). The van der Waals surface area contributed by atoms with Crippen molar-refractivity contribution in [3.05, 3.63) is 117 Å². The summed E-state index contributed by atoms with van der Waals surface area (Å²) >= 11 is 0. The maximum Gasteiger partial charge on any atom is 0.255 e. The van der Waals surface area contributed by atoms with E-state index < -0.39 is 0 Å². The van der Waals surface area contributed by atoms with Gasteiger partial charge in [0.2, 0.25) is 0 Å². The van der Waals surface area contributed by atoms with E-state index in [0.717, 1.165) is 36.5 Å². The largest absolute Gasteiger partial charge is 0.330 e. The first-order valence-corrected chi connectivity index (χ1v) is 11.0. The molecule has 0 bridgehead atoms. The maximum absolute atomic E-state index is 12.7. The zero-order valence-electron chi connectivity index (χ0n) is 19.0. The summed E-state index contributed by atoms with van der Waals surface area (Å²) in [6.07, 6.45) is 4.71. The van der Waals surface area contributed by atoms with E-state index in [1.54, 1.807) is 10.6 Å². The second kappa shape index (κ2) is 9.79. The van der Waals surface area contributed by atoms with Crippen LogP contribution in [-0.4, -0.2) is 20.7 Å². The first kappa shape index (κ1) is 21.8. The molecule has 2 aromatic heterocycles. The molecule has 0 fully saturated rings. The fourth-order valence-corrected chi connectivity index (χ4v) is 3.94. The predicted molar refractivity (Wildman–Crippen MR) is 129 cm³/mol. The van der Waals surface area contributed by atoms with E-state index in [9.17, 15) is 4.79 Å². The van der Waals surface area contributed by atoms with Crippen molar-refractivity contribution in [3.63, 3.8) is 0 Å². The van der Waals surface area contributed by atoms with Crippen LogP contribution in [0.1, 0.15) is 33.6 Å². The smallest absolute Gasteiger partial charge is 0.255 e. The Kier molecular flexibility index (Phi) is 6.66. The lowest BCUT2D eigenvalue weighted by Crippen LogP contribution is -2.23.